The van der Waals surface area contributed by atoms with E-state index in [4.69, 9.17) is 4.42 Å². The Balaban J connectivity index is 2.39. The highest BCUT2D eigenvalue weighted by Gasteiger charge is 2.16. The second kappa shape index (κ2) is 4.40. The second-order valence-corrected chi connectivity index (χ2v) is 3.51. The van der Waals surface area contributed by atoms with Gasteiger partial charge in [-0.05, 0) is 19.9 Å². The molecule has 0 aliphatic carbocycles. The zero-order chi connectivity index (χ0) is 12.4. The fourth-order valence-electron chi connectivity index (χ4n) is 1.55. The molecular weight excluding hydrogens is 222 g/mol. The van der Waals surface area contributed by atoms with E-state index in [2.05, 4.69) is 14.8 Å². The van der Waals surface area contributed by atoms with Gasteiger partial charge >= 0.3 is 5.97 Å². The zero-order valence-electron chi connectivity index (χ0n) is 9.93. The van der Waals surface area contributed by atoms with Crippen molar-refractivity contribution in [2.45, 2.75) is 20.4 Å². The number of carbonyl (C=O) groups is 1. The van der Waals surface area contributed by atoms with Gasteiger partial charge in [-0.15, -0.1) is 0 Å². The van der Waals surface area contributed by atoms with E-state index in [1.807, 2.05) is 19.9 Å². The van der Waals surface area contributed by atoms with E-state index in [1.54, 1.807) is 4.68 Å². The van der Waals surface area contributed by atoms with E-state index >= 15 is 0 Å². The van der Waals surface area contributed by atoms with Crippen LogP contribution in [0.2, 0.25) is 0 Å². The number of ether oxygens (including phenoxy) is 1. The van der Waals surface area contributed by atoms with Crippen molar-refractivity contribution >= 4 is 5.97 Å². The number of hydrogen-bond donors (Lipinski definition) is 0. The molecule has 0 fully saturated rings. The Kier molecular flexibility index (Phi) is 2.95. The molecule has 90 valence electrons. The molecule has 6 nitrogen and oxygen atoms in total. The van der Waals surface area contributed by atoms with Crippen LogP contribution in [-0.4, -0.2) is 27.8 Å². The first-order valence-corrected chi connectivity index (χ1v) is 5.24. The van der Waals surface area contributed by atoms with E-state index in [0.29, 0.717) is 12.4 Å². The largest absolute Gasteiger partial charge is 0.463 e. The van der Waals surface area contributed by atoms with Gasteiger partial charge in [0.1, 0.15) is 5.69 Å². The SMILES string of the molecule is CCn1nc(C)cc1-c1ncc(C(=O)OC)o1. The van der Waals surface area contributed by atoms with Gasteiger partial charge in [-0.1, -0.05) is 0 Å². The lowest BCUT2D eigenvalue weighted by atomic mass is 10.3. The summed E-state index contributed by atoms with van der Waals surface area (Å²) in [6.45, 7) is 4.57. The van der Waals surface area contributed by atoms with Gasteiger partial charge < -0.3 is 9.15 Å². The molecule has 0 aliphatic rings. The van der Waals surface area contributed by atoms with Crippen LogP contribution >= 0.6 is 0 Å². The average Bonchev–Trinajstić information content (AvgIpc) is 2.93. The van der Waals surface area contributed by atoms with Crippen molar-refractivity contribution in [3.63, 3.8) is 0 Å². The molecule has 2 rings (SSSR count). The van der Waals surface area contributed by atoms with Gasteiger partial charge in [0, 0.05) is 6.54 Å². The number of oxazole rings is 1. The normalized spacial score (nSPS) is 10.5. The molecule has 2 aromatic heterocycles. The molecule has 0 aromatic carbocycles. The minimum Gasteiger partial charge on any atom is -0.463 e. The number of esters is 1. The van der Waals surface area contributed by atoms with Crippen LogP contribution in [0.15, 0.2) is 16.7 Å². The van der Waals surface area contributed by atoms with Crippen molar-refractivity contribution in [3.05, 3.63) is 23.7 Å². The molecule has 0 unspecified atom stereocenters. The van der Waals surface area contributed by atoms with E-state index < -0.39 is 5.97 Å². The zero-order valence-corrected chi connectivity index (χ0v) is 9.93. The summed E-state index contributed by atoms with van der Waals surface area (Å²) in [5.74, 6) is -0.0834. The number of aromatic nitrogens is 3. The molecular formula is C11H13N3O3. The van der Waals surface area contributed by atoms with E-state index in [0.717, 1.165) is 11.4 Å². The summed E-state index contributed by atoms with van der Waals surface area (Å²) < 4.78 is 11.6. The van der Waals surface area contributed by atoms with Crippen LogP contribution in [0.1, 0.15) is 23.2 Å². The lowest BCUT2D eigenvalue weighted by molar-refractivity contribution is 0.0566. The average molecular weight is 235 g/mol. The van der Waals surface area contributed by atoms with Crippen molar-refractivity contribution in [2.24, 2.45) is 0 Å². The van der Waals surface area contributed by atoms with Crippen molar-refractivity contribution in [1.29, 1.82) is 0 Å². The number of carbonyl (C=O) groups excluding carboxylic acids is 1. The minimum absolute atomic E-state index is 0.0870. The summed E-state index contributed by atoms with van der Waals surface area (Å²) in [7, 11) is 1.30. The quantitative estimate of drug-likeness (QED) is 0.756. The molecule has 0 radical (unpaired) electrons. The molecule has 6 heteroatoms. The summed E-state index contributed by atoms with van der Waals surface area (Å²) >= 11 is 0. The van der Waals surface area contributed by atoms with Crippen LogP contribution in [0.25, 0.3) is 11.6 Å². The first kappa shape index (κ1) is 11.4. The van der Waals surface area contributed by atoms with E-state index in [-0.39, 0.29) is 5.76 Å². The van der Waals surface area contributed by atoms with Gasteiger partial charge in [0.2, 0.25) is 11.7 Å². The highest BCUT2D eigenvalue weighted by Crippen LogP contribution is 2.20. The summed E-state index contributed by atoms with van der Waals surface area (Å²) in [6.07, 6.45) is 1.35. The van der Waals surface area contributed by atoms with Crippen LogP contribution in [0.5, 0.6) is 0 Å². The van der Waals surface area contributed by atoms with Crippen LogP contribution in [-0.2, 0) is 11.3 Å². The Hall–Kier alpha value is -2.11. The Morgan fingerprint density at radius 1 is 1.59 bits per heavy atom. The smallest absolute Gasteiger partial charge is 0.375 e. The number of rotatable bonds is 3. The lowest BCUT2D eigenvalue weighted by Crippen LogP contribution is -1.99. The van der Waals surface area contributed by atoms with Crippen molar-refractivity contribution in [1.82, 2.24) is 14.8 Å². The number of nitrogens with zero attached hydrogens (tertiary/aromatic N) is 3. The van der Waals surface area contributed by atoms with Gasteiger partial charge in [-0.3, -0.25) is 4.68 Å². The number of aryl methyl sites for hydroxylation is 2. The maximum atomic E-state index is 11.2. The molecule has 0 N–H and O–H groups in total. The van der Waals surface area contributed by atoms with Crippen LogP contribution in [0.4, 0.5) is 0 Å². The highest BCUT2D eigenvalue weighted by atomic mass is 16.5. The maximum absolute atomic E-state index is 11.2. The van der Waals surface area contributed by atoms with Crippen LogP contribution < -0.4 is 0 Å². The molecule has 0 atom stereocenters. The fraction of sp³-hybridized carbons (Fsp3) is 0.364. The topological polar surface area (TPSA) is 70.2 Å². The molecule has 17 heavy (non-hydrogen) atoms. The monoisotopic (exact) mass is 235 g/mol. The van der Waals surface area contributed by atoms with Gasteiger partial charge in [0.25, 0.3) is 0 Å². The summed E-state index contributed by atoms with van der Waals surface area (Å²) in [6, 6.07) is 1.86. The molecule has 2 aromatic rings. The first-order valence-electron chi connectivity index (χ1n) is 5.24. The third-order valence-corrected chi connectivity index (χ3v) is 2.31. The molecule has 0 saturated heterocycles. The van der Waals surface area contributed by atoms with Gasteiger partial charge in [-0.25, -0.2) is 9.78 Å². The Bertz CT molecular complexity index is 542. The van der Waals surface area contributed by atoms with Gasteiger partial charge in [-0.2, -0.15) is 5.10 Å². The third-order valence-electron chi connectivity index (χ3n) is 2.31. The third kappa shape index (κ3) is 2.06. The first-order chi connectivity index (χ1) is 8.15. The maximum Gasteiger partial charge on any atom is 0.375 e. The van der Waals surface area contributed by atoms with Crippen molar-refractivity contribution < 1.29 is 13.9 Å². The molecule has 2 heterocycles. The summed E-state index contributed by atoms with van der Waals surface area (Å²) in [5.41, 5.74) is 1.62. The molecule has 0 spiro atoms. The van der Waals surface area contributed by atoms with Crippen molar-refractivity contribution in [2.75, 3.05) is 7.11 Å². The fourth-order valence-corrected chi connectivity index (χ4v) is 1.55. The number of hydrogen-bond acceptors (Lipinski definition) is 5. The molecule has 0 bridgehead atoms. The lowest BCUT2D eigenvalue weighted by Gasteiger charge is -1.99. The summed E-state index contributed by atoms with van der Waals surface area (Å²) in [4.78, 5) is 15.3. The minimum atomic E-state index is -0.539. The predicted octanol–water partition coefficient (Wildman–Crippen LogP) is 1.65. The standard InChI is InChI=1S/C11H13N3O3/c1-4-14-8(5-7(2)13-14)10-12-6-9(17-10)11(15)16-3/h5-6H,4H2,1-3H3. The highest BCUT2D eigenvalue weighted by molar-refractivity contribution is 5.86. The molecule has 0 amide bonds. The van der Waals surface area contributed by atoms with Crippen LogP contribution in [0.3, 0.4) is 0 Å². The van der Waals surface area contributed by atoms with E-state index in [9.17, 15) is 4.79 Å². The Labute approximate surface area is 98.2 Å². The Morgan fingerprint density at radius 2 is 2.35 bits per heavy atom. The van der Waals surface area contributed by atoms with Gasteiger partial charge in [0.15, 0.2) is 0 Å². The Morgan fingerprint density at radius 3 is 3.00 bits per heavy atom. The van der Waals surface area contributed by atoms with E-state index in [1.165, 1.54) is 13.3 Å². The number of methoxy groups -OCH3 is 1. The van der Waals surface area contributed by atoms with Crippen molar-refractivity contribution in [3.8, 4) is 11.6 Å². The van der Waals surface area contributed by atoms with Gasteiger partial charge in [0.05, 0.1) is 19.0 Å². The van der Waals surface area contributed by atoms with Crippen LogP contribution in [0, 0.1) is 6.92 Å². The molecule has 0 saturated carbocycles. The summed E-state index contributed by atoms with van der Waals surface area (Å²) in [5, 5.41) is 4.28. The second-order valence-electron chi connectivity index (χ2n) is 3.51. The predicted molar refractivity (Wildman–Crippen MR) is 59.5 cm³/mol. The molecule has 0 aliphatic heterocycles.